The number of nitrogens with zero attached hydrogens (tertiary/aromatic N) is 2. The fourth-order valence-electron chi connectivity index (χ4n) is 4.47. The molecule has 0 spiro atoms. The minimum absolute atomic E-state index is 0.472. The molecule has 0 saturated carbocycles. The van der Waals surface area contributed by atoms with E-state index in [1.807, 2.05) is 6.21 Å². The van der Waals surface area contributed by atoms with Crippen LogP contribution in [0.25, 0.3) is 0 Å². The van der Waals surface area contributed by atoms with Gasteiger partial charge in [-0.1, -0.05) is 137 Å². The van der Waals surface area contributed by atoms with Gasteiger partial charge in [-0.3, -0.25) is 0 Å². The van der Waals surface area contributed by atoms with Gasteiger partial charge in [0.05, 0.1) is 0 Å². The molecule has 0 aromatic rings. The highest BCUT2D eigenvalue weighted by molar-refractivity contribution is 5.85. The Labute approximate surface area is 241 Å². The summed E-state index contributed by atoms with van der Waals surface area (Å²) in [6, 6.07) is -1.17. The Morgan fingerprint density at radius 1 is 0.590 bits per heavy atom. The standard InChI is InChI=1S/C17H35N3O.C14H29N3O/c1-3-5-7-9-10-12-14-16(13-11-8-6-4-2)15-19-20-17(18)21;1-3-5-6-7-8-9-10-12-13(11-4-2)16-17-14(15)18/h15-16H,3-14H2,1-2H3,(H3,18,20,21);3-12H2,1-2H3,(H3,15,17,18)/b19-15+;16-13+. The third kappa shape index (κ3) is 33.9. The molecule has 230 valence electrons. The Morgan fingerprint density at radius 3 is 1.49 bits per heavy atom. The van der Waals surface area contributed by atoms with Gasteiger partial charge < -0.3 is 11.5 Å². The summed E-state index contributed by atoms with van der Waals surface area (Å²) in [5.74, 6) is 0.472. The van der Waals surface area contributed by atoms with Gasteiger partial charge in [0.2, 0.25) is 0 Å². The zero-order valence-electron chi connectivity index (χ0n) is 26.1. The molecule has 0 fully saturated rings. The van der Waals surface area contributed by atoms with Gasteiger partial charge in [-0.15, -0.1) is 0 Å². The number of urea groups is 2. The minimum atomic E-state index is -0.587. The van der Waals surface area contributed by atoms with Crippen molar-refractivity contribution < 1.29 is 9.59 Å². The second-order valence-corrected chi connectivity index (χ2v) is 10.7. The highest BCUT2D eigenvalue weighted by Gasteiger charge is 2.06. The molecule has 0 aliphatic rings. The molecule has 0 saturated heterocycles. The highest BCUT2D eigenvalue weighted by Crippen LogP contribution is 2.17. The van der Waals surface area contributed by atoms with Crippen LogP contribution in [0.3, 0.4) is 0 Å². The van der Waals surface area contributed by atoms with Crippen LogP contribution in [0.1, 0.15) is 169 Å². The number of amides is 4. The summed E-state index contributed by atoms with van der Waals surface area (Å²) in [5.41, 5.74) is 15.7. The number of carbonyl (C=O) groups is 2. The first kappa shape index (κ1) is 39.0. The van der Waals surface area contributed by atoms with Gasteiger partial charge in [0.15, 0.2) is 0 Å². The summed E-state index contributed by atoms with van der Waals surface area (Å²) in [6.07, 6.45) is 29.3. The van der Waals surface area contributed by atoms with Gasteiger partial charge in [-0.05, 0) is 38.0 Å². The van der Waals surface area contributed by atoms with Gasteiger partial charge >= 0.3 is 12.1 Å². The van der Waals surface area contributed by atoms with Crippen molar-refractivity contribution in [2.45, 2.75) is 169 Å². The summed E-state index contributed by atoms with van der Waals surface area (Å²) in [6.45, 7) is 8.82. The van der Waals surface area contributed by atoms with Crippen molar-refractivity contribution in [3.05, 3.63) is 0 Å². The monoisotopic (exact) mass is 553 g/mol. The molecule has 39 heavy (non-hydrogen) atoms. The summed E-state index contributed by atoms with van der Waals surface area (Å²) in [4.78, 5) is 21.2. The zero-order chi connectivity index (χ0) is 29.4. The first-order chi connectivity index (χ1) is 18.9. The van der Waals surface area contributed by atoms with E-state index >= 15 is 0 Å². The van der Waals surface area contributed by atoms with E-state index < -0.39 is 12.1 Å². The summed E-state index contributed by atoms with van der Waals surface area (Å²) >= 11 is 0. The molecular formula is C31H64N6O2. The molecule has 8 heteroatoms. The Bertz CT molecular complexity index is 610. The number of hydrogen-bond acceptors (Lipinski definition) is 4. The van der Waals surface area contributed by atoms with Gasteiger partial charge in [0.1, 0.15) is 0 Å². The van der Waals surface area contributed by atoms with Crippen LogP contribution in [-0.2, 0) is 0 Å². The first-order valence-electron chi connectivity index (χ1n) is 16.1. The Balaban J connectivity index is 0. The van der Waals surface area contributed by atoms with E-state index in [0.717, 1.165) is 31.4 Å². The van der Waals surface area contributed by atoms with Crippen LogP contribution in [-0.4, -0.2) is 24.0 Å². The molecule has 0 aromatic carbocycles. The van der Waals surface area contributed by atoms with Crippen molar-refractivity contribution in [1.29, 1.82) is 0 Å². The lowest BCUT2D eigenvalue weighted by atomic mass is 9.95. The highest BCUT2D eigenvalue weighted by atomic mass is 16.2. The van der Waals surface area contributed by atoms with E-state index in [9.17, 15) is 9.59 Å². The van der Waals surface area contributed by atoms with Gasteiger partial charge in [0, 0.05) is 11.9 Å². The van der Waals surface area contributed by atoms with Gasteiger partial charge in [-0.2, -0.15) is 10.2 Å². The van der Waals surface area contributed by atoms with Gasteiger partial charge in [-0.25, -0.2) is 20.4 Å². The van der Waals surface area contributed by atoms with Crippen LogP contribution >= 0.6 is 0 Å². The van der Waals surface area contributed by atoms with Crippen molar-refractivity contribution in [2.24, 2.45) is 27.6 Å². The van der Waals surface area contributed by atoms with E-state index in [1.54, 1.807) is 0 Å². The molecule has 8 nitrogen and oxygen atoms in total. The Kier molecular flexibility index (Phi) is 32.1. The van der Waals surface area contributed by atoms with Gasteiger partial charge in [0.25, 0.3) is 0 Å². The molecule has 4 amide bonds. The Hall–Kier alpha value is -2.12. The molecule has 0 aliphatic carbocycles. The molecule has 0 aliphatic heterocycles. The van der Waals surface area contributed by atoms with E-state index in [4.69, 9.17) is 11.5 Å². The first-order valence-corrected chi connectivity index (χ1v) is 16.1. The second-order valence-electron chi connectivity index (χ2n) is 10.7. The van der Waals surface area contributed by atoms with Crippen LogP contribution in [0.15, 0.2) is 10.2 Å². The number of nitrogens with one attached hydrogen (secondary N) is 2. The average molecular weight is 553 g/mol. The minimum Gasteiger partial charge on any atom is -0.350 e. The SMILES string of the molecule is CCCCCCCCC(/C=N/NC(N)=O)CCCCCC.CCCCCCCCC/C(CCC)=N/NC(N)=O. The predicted octanol–water partition coefficient (Wildman–Crippen LogP) is 8.93. The maximum atomic E-state index is 10.6. The van der Waals surface area contributed by atoms with Crippen LogP contribution < -0.4 is 22.3 Å². The fraction of sp³-hybridized carbons (Fsp3) is 0.871. The van der Waals surface area contributed by atoms with Crippen molar-refractivity contribution in [2.75, 3.05) is 0 Å². The predicted molar refractivity (Wildman–Crippen MR) is 169 cm³/mol. The number of carbonyl (C=O) groups excluding carboxylic acids is 2. The lowest BCUT2D eigenvalue weighted by Gasteiger charge is -2.12. The molecule has 0 heterocycles. The smallest absolute Gasteiger partial charge is 0.332 e. The zero-order valence-corrected chi connectivity index (χ0v) is 26.1. The average Bonchev–Trinajstić information content (AvgIpc) is 2.90. The third-order valence-corrected chi connectivity index (χ3v) is 6.75. The molecule has 0 rings (SSSR count). The summed E-state index contributed by atoms with van der Waals surface area (Å²) in [7, 11) is 0. The number of hydrazone groups is 2. The number of primary amides is 2. The molecular weight excluding hydrogens is 488 g/mol. The Morgan fingerprint density at radius 2 is 1.03 bits per heavy atom. The van der Waals surface area contributed by atoms with E-state index in [0.29, 0.717) is 5.92 Å². The topological polar surface area (TPSA) is 135 Å². The molecule has 0 bridgehead atoms. The fourth-order valence-corrected chi connectivity index (χ4v) is 4.47. The van der Waals surface area contributed by atoms with Crippen molar-refractivity contribution in [3.63, 3.8) is 0 Å². The van der Waals surface area contributed by atoms with Crippen LogP contribution in [0, 0.1) is 5.92 Å². The van der Waals surface area contributed by atoms with Crippen LogP contribution in [0.2, 0.25) is 0 Å². The quantitative estimate of drug-likeness (QED) is 0.0511. The molecule has 1 unspecified atom stereocenters. The third-order valence-electron chi connectivity index (χ3n) is 6.75. The maximum absolute atomic E-state index is 10.6. The van der Waals surface area contributed by atoms with E-state index in [1.165, 1.54) is 116 Å². The summed E-state index contributed by atoms with van der Waals surface area (Å²) < 4.78 is 0. The van der Waals surface area contributed by atoms with Crippen molar-refractivity contribution in [3.8, 4) is 0 Å². The van der Waals surface area contributed by atoms with Crippen molar-refractivity contribution in [1.82, 2.24) is 10.9 Å². The van der Waals surface area contributed by atoms with E-state index in [-0.39, 0.29) is 0 Å². The lowest BCUT2D eigenvalue weighted by Crippen LogP contribution is -2.25. The number of rotatable bonds is 25. The van der Waals surface area contributed by atoms with Crippen LogP contribution in [0.5, 0.6) is 0 Å². The second kappa shape index (κ2) is 32.1. The lowest BCUT2D eigenvalue weighted by molar-refractivity contribution is 0.248. The van der Waals surface area contributed by atoms with Crippen molar-refractivity contribution >= 4 is 24.0 Å². The molecule has 0 aromatic heterocycles. The number of hydrogen-bond donors (Lipinski definition) is 4. The maximum Gasteiger partial charge on any atom is 0.332 e. The van der Waals surface area contributed by atoms with E-state index in [2.05, 4.69) is 48.7 Å². The summed E-state index contributed by atoms with van der Waals surface area (Å²) in [5, 5.41) is 8.00. The molecule has 0 radical (unpaired) electrons. The van der Waals surface area contributed by atoms with Crippen LogP contribution in [0.4, 0.5) is 9.59 Å². The molecule has 1 atom stereocenters. The molecule has 6 N–H and O–H groups in total. The number of unbranched alkanes of at least 4 members (excludes halogenated alkanes) is 14. The number of nitrogens with two attached hydrogens (primary N) is 2. The normalized spacial score (nSPS) is 12.2. The largest absolute Gasteiger partial charge is 0.350 e.